The van der Waals surface area contributed by atoms with Gasteiger partial charge in [-0.25, -0.2) is 9.78 Å². The van der Waals surface area contributed by atoms with Crippen molar-refractivity contribution in [2.75, 3.05) is 5.32 Å². The normalized spacial score (nSPS) is 11.0. The van der Waals surface area contributed by atoms with Crippen LogP contribution in [0.4, 0.5) is 5.69 Å². The van der Waals surface area contributed by atoms with E-state index in [9.17, 15) is 4.79 Å². The van der Waals surface area contributed by atoms with Crippen molar-refractivity contribution >= 4 is 11.7 Å². The van der Waals surface area contributed by atoms with Crippen molar-refractivity contribution in [2.45, 2.75) is 32.9 Å². The first kappa shape index (κ1) is 15.0. The molecule has 0 saturated carbocycles. The van der Waals surface area contributed by atoms with E-state index in [1.165, 1.54) is 5.56 Å². The third-order valence-corrected chi connectivity index (χ3v) is 2.71. The van der Waals surface area contributed by atoms with Crippen LogP contribution in [0.3, 0.4) is 0 Å². The van der Waals surface area contributed by atoms with E-state index in [1.807, 2.05) is 57.2 Å². The minimum Gasteiger partial charge on any atom is -0.455 e. The molecule has 2 rings (SSSR count). The highest BCUT2D eigenvalue weighted by Gasteiger charge is 2.18. The second kappa shape index (κ2) is 6.39. The number of carbonyl (C=O) groups excluding carboxylic acids is 1. The third kappa shape index (κ3) is 4.91. The summed E-state index contributed by atoms with van der Waals surface area (Å²) in [6.45, 7) is 6.20. The Bertz CT molecular complexity index is 604. The number of rotatable bonds is 4. The van der Waals surface area contributed by atoms with Crippen molar-refractivity contribution in [3.8, 4) is 0 Å². The molecule has 0 aliphatic rings. The number of hydrogen-bond donors (Lipinski definition) is 1. The van der Waals surface area contributed by atoms with Gasteiger partial charge in [-0.3, -0.25) is 0 Å². The third-order valence-electron chi connectivity index (χ3n) is 2.71. The van der Waals surface area contributed by atoms with Crippen molar-refractivity contribution < 1.29 is 9.53 Å². The topological polar surface area (TPSA) is 51.2 Å². The molecule has 1 N–H and O–H groups in total. The van der Waals surface area contributed by atoms with E-state index in [1.54, 1.807) is 12.3 Å². The maximum Gasteiger partial charge on any atom is 0.357 e. The summed E-state index contributed by atoms with van der Waals surface area (Å²) >= 11 is 0. The fourth-order valence-electron chi connectivity index (χ4n) is 1.78. The molecule has 0 saturated heterocycles. The summed E-state index contributed by atoms with van der Waals surface area (Å²) in [6.07, 6.45) is 1.60. The quantitative estimate of drug-likeness (QED) is 0.871. The lowest BCUT2D eigenvalue weighted by Crippen LogP contribution is -2.24. The van der Waals surface area contributed by atoms with E-state index >= 15 is 0 Å². The zero-order chi connectivity index (χ0) is 15.3. The van der Waals surface area contributed by atoms with Crippen LogP contribution in [0.2, 0.25) is 0 Å². The molecule has 21 heavy (non-hydrogen) atoms. The Morgan fingerprint density at radius 2 is 1.90 bits per heavy atom. The molecule has 1 aromatic carbocycles. The van der Waals surface area contributed by atoms with Crippen molar-refractivity contribution in [3.63, 3.8) is 0 Å². The number of hydrogen-bond acceptors (Lipinski definition) is 4. The zero-order valence-corrected chi connectivity index (χ0v) is 12.6. The van der Waals surface area contributed by atoms with Crippen LogP contribution in [0.1, 0.15) is 36.8 Å². The molecule has 1 aromatic heterocycles. The van der Waals surface area contributed by atoms with Gasteiger partial charge in [-0.2, -0.15) is 0 Å². The molecule has 0 unspecified atom stereocenters. The maximum absolute atomic E-state index is 12.0. The molecule has 0 fully saturated rings. The van der Waals surface area contributed by atoms with Crippen LogP contribution in [0.15, 0.2) is 48.7 Å². The molecular formula is C17H20N2O2. The number of nitrogens with one attached hydrogen (secondary N) is 1. The lowest BCUT2D eigenvalue weighted by Gasteiger charge is -2.19. The van der Waals surface area contributed by atoms with Crippen LogP contribution >= 0.6 is 0 Å². The van der Waals surface area contributed by atoms with Crippen LogP contribution in [-0.4, -0.2) is 16.6 Å². The molecule has 0 amide bonds. The van der Waals surface area contributed by atoms with E-state index in [4.69, 9.17) is 4.74 Å². The van der Waals surface area contributed by atoms with Gasteiger partial charge in [0.2, 0.25) is 0 Å². The Hall–Kier alpha value is -2.36. The summed E-state index contributed by atoms with van der Waals surface area (Å²) < 4.78 is 5.31. The molecule has 0 aliphatic carbocycles. The predicted octanol–water partition coefficient (Wildman–Crippen LogP) is 3.65. The molecule has 2 aromatic rings. The predicted molar refractivity (Wildman–Crippen MR) is 83.2 cm³/mol. The minimum atomic E-state index is -0.522. The van der Waals surface area contributed by atoms with E-state index in [0.717, 1.165) is 5.69 Å². The standard InChI is InChI=1S/C17H20N2O2/c1-17(2,3)21-16(20)15-11-14(9-10-18-15)19-12-13-7-5-4-6-8-13/h4-11H,12H2,1-3H3,(H,18,19). The van der Waals surface area contributed by atoms with Gasteiger partial charge in [0.1, 0.15) is 11.3 Å². The number of aromatic nitrogens is 1. The summed E-state index contributed by atoms with van der Waals surface area (Å²) in [5, 5.41) is 3.27. The number of anilines is 1. The molecule has 4 heteroatoms. The summed E-state index contributed by atoms with van der Waals surface area (Å²) in [5.41, 5.74) is 1.80. The molecule has 0 aliphatic heterocycles. The largest absolute Gasteiger partial charge is 0.455 e. The van der Waals surface area contributed by atoms with Crippen molar-refractivity contribution in [1.82, 2.24) is 4.98 Å². The summed E-state index contributed by atoms with van der Waals surface area (Å²) in [7, 11) is 0. The van der Waals surface area contributed by atoms with Crippen molar-refractivity contribution in [3.05, 3.63) is 59.9 Å². The first-order valence-electron chi connectivity index (χ1n) is 6.91. The monoisotopic (exact) mass is 284 g/mol. The molecule has 4 nitrogen and oxygen atoms in total. The van der Waals surface area contributed by atoms with Gasteiger partial charge in [0.15, 0.2) is 0 Å². The minimum absolute atomic E-state index is 0.308. The first-order valence-corrected chi connectivity index (χ1v) is 6.91. The number of benzene rings is 1. The summed E-state index contributed by atoms with van der Waals surface area (Å²) in [4.78, 5) is 16.0. The number of nitrogens with zero attached hydrogens (tertiary/aromatic N) is 1. The maximum atomic E-state index is 12.0. The Kier molecular flexibility index (Phi) is 4.58. The highest BCUT2D eigenvalue weighted by Crippen LogP contribution is 2.14. The van der Waals surface area contributed by atoms with Crippen molar-refractivity contribution in [2.24, 2.45) is 0 Å². The van der Waals surface area contributed by atoms with Gasteiger partial charge in [0.05, 0.1) is 0 Å². The Morgan fingerprint density at radius 3 is 2.57 bits per heavy atom. The van der Waals surface area contributed by atoms with Crippen LogP contribution in [0.5, 0.6) is 0 Å². The Morgan fingerprint density at radius 1 is 1.19 bits per heavy atom. The van der Waals surface area contributed by atoms with Gasteiger partial charge >= 0.3 is 5.97 Å². The highest BCUT2D eigenvalue weighted by atomic mass is 16.6. The fourth-order valence-corrected chi connectivity index (χ4v) is 1.78. The highest BCUT2D eigenvalue weighted by molar-refractivity contribution is 5.88. The average molecular weight is 284 g/mol. The Balaban J connectivity index is 2.02. The Labute approximate surface area is 125 Å². The van der Waals surface area contributed by atoms with Gasteiger partial charge in [-0.05, 0) is 38.5 Å². The molecule has 0 bridgehead atoms. The van der Waals surface area contributed by atoms with E-state index < -0.39 is 11.6 Å². The first-order chi connectivity index (χ1) is 9.94. The van der Waals surface area contributed by atoms with Gasteiger partial charge in [0.25, 0.3) is 0 Å². The lowest BCUT2D eigenvalue weighted by atomic mass is 10.2. The second-order valence-corrected chi connectivity index (χ2v) is 5.77. The average Bonchev–Trinajstić information content (AvgIpc) is 2.45. The lowest BCUT2D eigenvalue weighted by molar-refractivity contribution is 0.00629. The molecular weight excluding hydrogens is 264 g/mol. The van der Waals surface area contributed by atoms with Crippen molar-refractivity contribution in [1.29, 1.82) is 0 Å². The molecule has 1 heterocycles. The van der Waals surface area contributed by atoms with Gasteiger partial charge in [-0.1, -0.05) is 30.3 Å². The molecule has 110 valence electrons. The summed E-state index contributed by atoms with van der Waals surface area (Å²) in [5.74, 6) is -0.411. The number of pyridine rings is 1. The number of carbonyl (C=O) groups is 1. The van der Waals surface area contributed by atoms with Crippen LogP contribution in [0, 0.1) is 0 Å². The SMILES string of the molecule is CC(C)(C)OC(=O)c1cc(NCc2ccccc2)ccn1. The van der Waals surface area contributed by atoms with E-state index in [2.05, 4.69) is 10.3 Å². The van der Waals surface area contributed by atoms with E-state index in [-0.39, 0.29) is 0 Å². The van der Waals surface area contributed by atoms with E-state index in [0.29, 0.717) is 12.2 Å². The smallest absolute Gasteiger partial charge is 0.357 e. The van der Waals surface area contributed by atoms with Gasteiger partial charge in [-0.15, -0.1) is 0 Å². The van der Waals surface area contributed by atoms with Gasteiger partial charge < -0.3 is 10.1 Å². The molecule has 0 radical (unpaired) electrons. The number of ether oxygens (including phenoxy) is 1. The van der Waals surface area contributed by atoms with Gasteiger partial charge in [0, 0.05) is 18.4 Å². The molecule has 0 spiro atoms. The van der Waals surface area contributed by atoms with Crippen LogP contribution in [0.25, 0.3) is 0 Å². The zero-order valence-electron chi connectivity index (χ0n) is 12.6. The fraction of sp³-hybridized carbons (Fsp3) is 0.294. The number of esters is 1. The van der Waals surface area contributed by atoms with Crippen LogP contribution in [-0.2, 0) is 11.3 Å². The second-order valence-electron chi connectivity index (χ2n) is 5.77. The molecule has 0 atom stereocenters. The summed E-state index contributed by atoms with van der Waals surface area (Å²) in [6, 6.07) is 13.6. The van der Waals surface area contributed by atoms with Crippen LogP contribution < -0.4 is 5.32 Å².